The monoisotopic (exact) mass is 261 g/mol. The summed E-state index contributed by atoms with van der Waals surface area (Å²) in [5, 5.41) is 11.6. The Balaban J connectivity index is 1.96. The van der Waals surface area contributed by atoms with Crippen LogP contribution in [-0.2, 0) is 19.7 Å². The molecule has 1 aromatic carbocycles. The molecule has 19 heavy (non-hydrogen) atoms. The SMILES string of the molecule is CCCCn1nnnc1COc1cccc(CN)c1. The molecule has 0 aliphatic rings. The second kappa shape index (κ2) is 6.84. The highest BCUT2D eigenvalue weighted by Gasteiger charge is 2.06. The van der Waals surface area contributed by atoms with Gasteiger partial charge in [-0.3, -0.25) is 0 Å². The molecule has 2 N–H and O–H groups in total. The Hall–Kier alpha value is -1.95. The van der Waals surface area contributed by atoms with Crippen molar-refractivity contribution in [2.75, 3.05) is 0 Å². The average Bonchev–Trinajstić information content (AvgIpc) is 2.90. The van der Waals surface area contributed by atoms with Gasteiger partial charge in [0.15, 0.2) is 5.82 Å². The number of nitrogens with two attached hydrogens (primary N) is 1. The number of unbranched alkanes of at least 4 members (excludes halogenated alkanes) is 1. The molecule has 0 radical (unpaired) electrons. The Morgan fingerprint density at radius 2 is 2.26 bits per heavy atom. The van der Waals surface area contributed by atoms with Gasteiger partial charge in [0, 0.05) is 13.1 Å². The summed E-state index contributed by atoms with van der Waals surface area (Å²) in [6, 6.07) is 7.73. The largest absolute Gasteiger partial charge is 0.486 e. The molecule has 2 rings (SSSR count). The van der Waals surface area contributed by atoms with Crippen LogP contribution in [0.4, 0.5) is 0 Å². The van der Waals surface area contributed by atoms with Crippen molar-refractivity contribution in [1.29, 1.82) is 0 Å². The van der Waals surface area contributed by atoms with E-state index in [2.05, 4.69) is 22.4 Å². The molecule has 0 atom stereocenters. The first-order chi connectivity index (χ1) is 9.33. The van der Waals surface area contributed by atoms with Gasteiger partial charge in [0.2, 0.25) is 0 Å². The fraction of sp³-hybridized carbons (Fsp3) is 0.462. The normalized spacial score (nSPS) is 10.6. The summed E-state index contributed by atoms with van der Waals surface area (Å²) < 4.78 is 7.48. The Morgan fingerprint density at radius 3 is 3.05 bits per heavy atom. The number of hydrogen-bond donors (Lipinski definition) is 1. The number of benzene rings is 1. The molecule has 0 saturated carbocycles. The number of ether oxygens (including phenoxy) is 1. The van der Waals surface area contributed by atoms with Gasteiger partial charge in [0.1, 0.15) is 12.4 Å². The minimum absolute atomic E-state index is 0.366. The summed E-state index contributed by atoms with van der Waals surface area (Å²) >= 11 is 0. The molecule has 0 unspecified atom stereocenters. The van der Waals surface area contributed by atoms with Gasteiger partial charge in [-0.2, -0.15) is 0 Å². The maximum Gasteiger partial charge on any atom is 0.189 e. The van der Waals surface area contributed by atoms with E-state index in [1.54, 1.807) is 4.68 Å². The first-order valence-corrected chi connectivity index (χ1v) is 6.50. The van der Waals surface area contributed by atoms with Crippen LogP contribution in [0.5, 0.6) is 5.75 Å². The van der Waals surface area contributed by atoms with Crippen molar-refractivity contribution in [3.8, 4) is 5.75 Å². The molecule has 1 heterocycles. The second-order valence-electron chi connectivity index (χ2n) is 4.31. The van der Waals surface area contributed by atoms with Gasteiger partial charge in [-0.15, -0.1) is 5.10 Å². The summed E-state index contributed by atoms with van der Waals surface area (Å²) in [5.41, 5.74) is 6.64. The first kappa shape index (κ1) is 13.5. The molecular formula is C13H19N5O. The number of hydrogen-bond acceptors (Lipinski definition) is 5. The maximum absolute atomic E-state index is 5.69. The number of rotatable bonds is 7. The fourth-order valence-electron chi connectivity index (χ4n) is 1.72. The van der Waals surface area contributed by atoms with Gasteiger partial charge in [0.25, 0.3) is 0 Å². The summed E-state index contributed by atoms with van der Waals surface area (Å²) in [4.78, 5) is 0. The lowest BCUT2D eigenvalue weighted by molar-refractivity contribution is 0.285. The molecule has 0 amide bonds. The van der Waals surface area contributed by atoms with Crippen LogP contribution < -0.4 is 10.5 Å². The van der Waals surface area contributed by atoms with Crippen LogP contribution in [0, 0.1) is 0 Å². The van der Waals surface area contributed by atoms with Crippen molar-refractivity contribution in [2.24, 2.45) is 5.73 Å². The predicted molar refractivity (Wildman–Crippen MR) is 71.4 cm³/mol. The van der Waals surface area contributed by atoms with Gasteiger partial charge in [-0.25, -0.2) is 4.68 Å². The minimum atomic E-state index is 0.366. The number of tetrazole rings is 1. The fourth-order valence-corrected chi connectivity index (χ4v) is 1.72. The van der Waals surface area contributed by atoms with Crippen LogP contribution in [0.2, 0.25) is 0 Å². The van der Waals surface area contributed by atoms with Gasteiger partial charge in [-0.05, 0) is 34.5 Å². The van der Waals surface area contributed by atoms with Crippen molar-refractivity contribution in [3.63, 3.8) is 0 Å². The molecular weight excluding hydrogens is 242 g/mol. The van der Waals surface area contributed by atoms with Crippen LogP contribution in [0.25, 0.3) is 0 Å². The van der Waals surface area contributed by atoms with Crippen LogP contribution in [0.1, 0.15) is 31.2 Å². The van der Waals surface area contributed by atoms with Gasteiger partial charge in [0.05, 0.1) is 0 Å². The Labute approximate surface area is 112 Å². The number of nitrogens with zero attached hydrogens (tertiary/aromatic N) is 4. The van der Waals surface area contributed by atoms with Gasteiger partial charge in [-0.1, -0.05) is 25.5 Å². The molecule has 6 nitrogen and oxygen atoms in total. The Morgan fingerprint density at radius 1 is 1.37 bits per heavy atom. The number of aromatic nitrogens is 4. The lowest BCUT2D eigenvalue weighted by atomic mass is 10.2. The van der Waals surface area contributed by atoms with Crippen LogP contribution in [-0.4, -0.2) is 20.2 Å². The quantitative estimate of drug-likeness (QED) is 0.817. The molecule has 2 aromatic rings. The molecule has 0 spiro atoms. The zero-order valence-electron chi connectivity index (χ0n) is 11.1. The molecule has 0 fully saturated rings. The highest BCUT2D eigenvalue weighted by atomic mass is 16.5. The topological polar surface area (TPSA) is 78.8 Å². The zero-order valence-corrected chi connectivity index (χ0v) is 11.1. The third kappa shape index (κ3) is 3.75. The molecule has 1 aromatic heterocycles. The highest BCUT2D eigenvalue weighted by Crippen LogP contribution is 2.14. The van der Waals surface area contributed by atoms with Crippen molar-refractivity contribution in [3.05, 3.63) is 35.7 Å². The minimum Gasteiger partial charge on any atom is -0.486 e. The predicted octanol–water partition coefficient (Wildman–Crippen LogP) is 1.51. The molecule has 0 bridgehead atoms. The van der Waals surface area contributed by atoms with Gasteiger partial charge >= 0.3 is 0 Å². The summed E-state index contributed by atoms with van der Waals surface area (Å²) in [5.74, 6) is 1.53. The van der Waals surface area contributed by atoms with E-state index in [1.165, 1.54) is 0 Å². The van der Waals surface area contributed by atoms with Crippen LogP contribution in [0.3, 0.4) is 0 Å². The van der Waals surface area contributed by atoms with E-state index in [-0.39, 0.29) is 0 Å². The smallest absolute Gasteiger partial charge is 0.189 e. The lowest BCUT2D eigenvalue weighted by Gasteiger charge is -2.07. The van der Waals surface area contributed by atoms with Crippen molar-refractivity contribution >= 4 is 0 Å². The van der Waals surface area contributed by atoms with E-state index < -0.39 is 0 Å². The highest BCUT2D eigenvalue weighted by molar-refractivity contribution is 5.28. The number of aryl methyl sites for hydroxylation is 1. The van der Waals surface area contributed by atoms with Crippen molar-refractivity contribution in [1.82, 2.24) is 20.2 Å². The second-order valence-corrected chi connectivity index (χ2v) is 4.31. The van der Waals surface area contributed by atoms with Crippen molar-refractivity contribution in [2.45, 2.75) is 39.5 Å². The van der Waals surface area contributed by atoms with Gasteiger partial charge < -0.3 is 10.5 Å². The maximum atomic E-state index is 5.69. The Kier molecular flexibility index (Phi) is 4.85. The summed E-state index contributed by atoms with van der Waals surface area (Å²) in [6.07, 6.45) is 2.17. The summed E-state index contributed by atoms with van der Waals surface area (Å²) in [7, 11) is 0. The molecule has 0 aliphatic carbocycles. The van der Waals surface area contributed by atoms with Crippen LogP contribution >= 0.6 is 0 Å². The molecule has 0 saturated heterocycles. The zero-order chi connectivity index (χ0) is 13.5. The third-order valence-corrected chi connectivity index (χ3v) is 2.83. The standard InChI is InChI=1S/C13H19N5O/c1-2-3-7-18-13(15-16-17-18)10-19-12-6-4-5-11(8-12)9-14/h4-6,8H,2-3,7,9-10,14H2,1H3. The molecule has 102 valence electrons. The molecule has 6 heteroatoms. The first-order valence-electron chi connectivity index (χ1n) is 6.50. The summed E-state index contributed by atoms with van der Waals surface area (Å²) in [6.45, 7) is 3.83. The van der Waals surface area contributed by atoms with E-state index in [1.807, 2.05) is 24.3 Å². The average molecular weight is 261 g/mol. The van der Waals surface area contributed by atoms with E-state index in [4.69, 9.17) is 10.5 Å². The van der Waals surface area contributed by atoms with E-state index in [0.29, 0.717) is 13.2 Å². The van der Waals surface area contributed by atoms with E-state index in [9.17, 15) is 0 Å². The lowest BCUT2D eigenvalue weighted by Crippen LogP contribution is -2.09. The Bertz CT molecular complexity index is 511. The molecule has 0 aliphatic heterocycles. The van der Waals surface area contributed by atoms with E-state index in [0.717, 1.165) is 36.5 Å². The van der Waals surface area contributed by atoms with Crippen LogP contribution in [0.15, 0.2) is 24.3 Å². The van der Waals surface area contributed by atoms with E-state index >= 15 is 0 Å². The third-order valence-electron chi connectivity index (χ3n) is 2.83. The van der Waals surface area contributed by atoms with Crippen molar-refractivity contribution < 1.29 is 4.74 Å².